The van der Waals surface area contributed by atoms with E-state index in [1.807, 2.05) is 4.90 Å². The average Bonchev–Trinajstić information content (AvgIpc) is 2.77. The number of amides is 1. The molecule has 17 heavy (non-hydrogen) atoms. The normalized spacial score (nSPS) is 19.1. The number of carbonyl (C=O) groups excluding carboxylic acids is 1. The molecule has 2 rings (SSSR count). The first-order chi connectivity index (χ1) is 8.13. The standard InChI is InChI=1S/C12H12ClN3O/c13-9-3-4-10(8(6-9)7-14)16-5-1-2-11(16)12(15)17/h3-4,6,11H,1-2,5H2,(H2,15,17). The van der Waals surface area contributed by atoms with Crippen molar-refractivity contribution in [2.24, 2.45) is 5.73 Å². The van der Waals surface area contributed by atoms with Crippen LogP contribution in [0.3, 0.4) is 0 Å². The highest BCUT2D eigenvalue weighted by molar-refractivity contribution is 6.30. The maximum absolute atomic E-state index is 11.3. The smallest absolute Gasteiger partial charge is 0.240 e. The van der Waals surface area contributed by atoms with E-state index in [1.165, 1.54) is 0 Å². The minimum absolute atomic E-state index is 0.316. The average molecular weight is 250 g/mol. The lowest BCUT2D eigenvalue weighted by molar-refractivity contribution is -0.119. The van der Waals surface area contributed by atoms with Crippen molar-refractivity contribution >= 4 is 23.2 Å². The Morgan fingerprint density at radius 3 is 3.00 bits per heavy atom. The van der Waals surface area contributed by atoms with Crippen molar-refractivity contribution in [3.8, 4) is 6.07 Å². The number of hydrogen-bond donors (Lipinski definition) is 1. The van der Waals surface area contributed by atoms with Crippen LogP contribution in [-0.4, -0.2) is 18.5 Å². The zero-order chi connectivity index (χ0) is 12.4. The molecule has 0 aliphatic carbocycles. The van der Waals surface area contributed by atoms with Crippen molar-refractivity contribution in [2.45, 2.75) is 18.9 Å². The second kappa shape index (κ2) is 4.64. The van der Waals surface area contributed by atoms with Crippen molar-refractivity contribution < 1.29 is 4.79 Å². The maximum Gasteiger partial charge on any atom is 0.240 e. The van der Waals surface area contributed by atoms with E-state index < -0.39 is 0 Å². The molecule has 2 N–H and O–H groups in total. The van der Waals surface area contributed by atoms with Gasteiger partial charge in [-0.15, -0.1) is 0 Å². The molecule has 0 radical (unpaired) electrons. The fourth-order valence-corrected chi connectivity index (χ4v) is 2.37. The van der Waals surface area contributed by atoms with Gasteiger partial charge in [0, 0.05) is 11.6 Å². The summed E-state index contributed by atoms with van der Waals surface area (Å²) in [7, 11) is 0. The molecule has 1 aliphatic heterocycles. The van der Waals surface area contributed by atoms with Crippen LogP contribution < -0.4 is 10.6 Å². The number of primary amides is 1. The Kier molecular flexibility index (Phi) is 3.21. The quantitative estimate of drug-likeness (QED) is 0.867. The summed E-state index contributed by atoms with van der Waals surface area (Å²) in [6.07, 6.45) is 1.64. The van der Waals surface area contributed by atoms with Gasteiger partial charge in [0.05, 0.1) is 11.3 Å². The summed E-state index contributed by atoms with van der Waals surface area (Å²) in [6.45, 7) is 0.740. The third-order valence-electron chi connectivity index (χ3n) is 2.97. The molecule has 4 nitrogen and oxygen atoms in total. The number of rotatable bonds is 2. The maximum atomic E-state index is 11.3. The van der Waals surface area contributed by atoms with E-state index in [0.717, 1.165) is 25.1 Å². The number of hydrogen-bond acceptors (Lipinski definition) is 3. The van der Waals surface area contributed by atoms with Crippen molar-refractivity contribution in [1.82, 2.24) is 0 Å². The van der Waals surface area contributed by atoms with E-state index in [4.69, 9.17) is 22.6 Å². The summed E-state index contributed by atoms with van der Waals surface area (Å²) in [5, 5.41) is 9.59. The Labute approximate surface area is 105 Å². The summed E-state index contributed by atoms with van der Waals surface area (Å²) >= 11 is 5.84. The van der Waals surface area contributed by atoms with E-state index >= 15 is 0 Å². The topological polar surface area (TPSA) is 70.1 Å². The van der Waals surface area contributed by atoms with Crippen LogP contribution in [0.15, 0.2) is 18.2 Å². The van der Waals surface area contributed by atoms with Gasteiger partial charge in [-0.1, -0.05) is 11.6 Å². The summed E-state index contributed by atoms with van der Waals surface area (Å²) in [5.41, 5.74) is 6.57. The van der Waals surface area contributed by atoms with E-state index in [-0.39, 0.29) is 11.9 Å². The number of nitrogens with zero attached hydrogens (tertiary/aromatic N) is 2. The number of benzene rings is 1. The molecule has 0 bridgehead atoms. The summed E-state index contributed by atoms with van der Waals surface area (Å²) in [4.78, 5) is 13.2. The second-order valence-electron chi connectivity index (χ2n) is 4.03. The zero-order valence-electron chi connectivity index (χ0n) is 9.19. The second-order valence-corrected chi connectivity index (χ2v) is 4.46. The molecule has 1 atom stereocenters. The zero-order valence-corrected chi connectivity index (χ0v) is 9.94. The van der Waals surface area contributed by atoms with Gasteiger partial charge in [0.1, 0.15) is 12.1 Å². The van der Waals surface area contributed by atoms with Gasteiger partial charge in [-0.3, -0.25) is 4.79 Å². The fraction of sp³-hybridized carbons (Fsp3) is 0.333. The molecule has 1 unspecified atom stereocenters. The molecular formula is C12H12ClN3O. The molecular weight excluding hydrogens is 238 g/mol. The number of carbonyl (C=O) groups is 1. The van der Waals surface area contributed by atoms with Gasteiger partial charge in [0.15, 0.2) is 0 Å². The monoisotopic (exact) mass is 249 g/mol. The van der Waals surface area contributed by atoms with E-state index in [2.05, 4.69) is 6.07 Å². The minimum atomic E-state index is -0.346. The van der Waals surface area contributed by atoms with Crippen LogP contribution in [0.5, 0.6) is 0 Å². The summed E-state index contributed by atoms with van der Waals surface area (Å²) in [5.74, 6) is -0.346. The first-order valence-corrected chi connectivity index (χ1v) is 5.77. The lowest BCUT2D eigenvalue weighted by Gasteiger charge is -2.25. The van der Waals surface area contributed by atoms with Crippen molar-refractivity contribution in [1.29, 1.82) is 5.26 Å². The summed E-state index contributed by atoms with van der Waals surface area (Å²) in [6, 6.07) is 6.86. The van der Waals surface area contributed by atoms with Gasteiger partial charge >= 0.3 is 0 Å². The van der Waals surface area contributed by atoms with Crippen LogP contribution in [0.1, 0.15) is 18.4 Å². The first-order valence-electron chi connectivity index (χ1n) is 5.39. The van der Waals surface area contributed by atoms with Crippen LogP contribution >= 0.6 is 11.6 Å². The SMILES string of the molecule is N#Cc1cc(Cl)ccc1N1CCCC1C(N)=O. The van der Waals surface area contributed by atoms with Gasteiger partial charge in [-0.05, 0) is 31.0 Å². The Bertz CT molecular complexity index is 495. The number of anilines is 1. The molecule has 5 heteroatoms. The Morgan fingerprint density at radius 1 is 1.59 bits per heavy atom. The van der Waals surface area contributed by atoms with E-state index in [0.29, 0.717) is 10.6 Å². The van der Waals surface area contributed by atoms with Crippen molar-refractivity contribution in [2.75, 3.05) is 11.4 Å². The van der Waals surface area contributed by atoms with Gasteiger partial charge in [-0.2, -0.15) is 5.26 Å². The highest BCUT2D eigenvalue weighted by atomic mass is 35.5. The molecule has 1 fully saturated rings. The van der Waals surface area contributed by atoms with Crippen LogP contribution in [0.2, 0.25) is 5.02 Å². The molecule has 1 amide bonds. The molecule has 1 aliphatic rings. The minimum Gasteiger partial charge on any atom is -0.368 e. The number of halogens is 1. The third kappa shape index (κ3) is 2.20. The van der Waals surface area contributed by atoms with Crippen molar-refractivity contribution in [3.63, 3.8) is 0 Å². The molecule has 1 aromatic rings. The molecule has 1 saturated heterocycles. The molecule has 0 spiro atoms. The largest absolute Gasteiger partial charge is 0.368 e. The highest BCUT2D eigenvalue weighted by Crippen LogP contribution is 2.30. The Morgan fingerprint density at radius 2 is 2.35 bits per heavy atom. The third-order valence-corrected chi connectivity index (χ3v) is 3.20. The van der Waals surface area contributed by atoms with Gasteiger partial charge in [0.25, 0.3) is 0 Å². The van der Waals surface area contributed by atoms with Gasteiger partial charge in [0.2, 0.25) is 5.91 Å². The van der Waals surface area contributed by atoms with E-state index in [9.17, 15) is 4.79 Å². The molecule has 1 aromatic carbocycles. The van der Waals surface area contributed by atoms with Crippen molar-refractivity contribution in [3.05, 3.63) is 28.8 Å². The Hall–Kier alpha value is -1.73. The van der Waals surface area contributed by atoms with Crippen LogP contribution in [0.25, 0.3) is 0 Å². The fourth-order valence-electron chi connectivity index (χ4n) is 2.20. The predicted octanol–water partition coefficient (Wildman–Crippen LogP) is 1.67. The van der Waals surface area contributed by atoms with Gasteiger partial charge < -0.3 is 10.6 Å². The van der Waals surface area contributed by atoms with Crippen LogP contribution in [-0.2, 0) is 4.79 Å². The molecule has 0 saturated carbocycles. The van der Waals surface area contributed by atoms with E-state index in [1.54, 1.807) is 18.2 Å². The number of nitriles is 1. The Balaban J connectivity index is 2.40. The molecule has 0 aromatic heterocycles. The predicted molar refractivity (Wildman–Crippen MR) is 65.7 cm³/mol. The summed E-state index contributed by atoms with van der Waals surface area (Å²) < 4.78 is 0. The highest BCUT2D eigenvalue weighted by Gasteiger charge is 2.30. The number of nitrogens with two attached hydrogens (primary N) is 1. The lowest BCUT2D eigenvalue weighted by Crippen LogP contribution is -2.40. The molecule has 1 heterocycles. The first kappa shape index (κ1) is 11.7. The van der Waals surface area contributed by atoms with Gasteiger partial charge in [-0.25, -0.2) is 0 Å². The van der Waals surface area contributed by atoms with Crippen LogP contribution in [0.4, 0.5) is 5.69 Å². The van der Waals surface area contributed by atoms with Crippen LogP contribution in [0, 0.1) is 11.3 Å². The lowest BCUT2D eigenvalue weighted by atomic mass is 10.1. The molecule has 88 valence electrons.